The van der Waals surface area contributed by atoms with E-state index in [4.69, 9.17) is 5.11 Å². The summed E-state index contributed by atoms with van der Waals surface area (Å²) in [7, 11) is 0. The maximum absolute atomic E-state index is 13.0. The zero-order valence-electron chi connectivity index (χ0n) is 12.0. The molecular weight excluding hydrogens is 352 g/mol. The second kappa shape index (κ2) is 6.85. The van der Waals surface area contributed by atoms with Gasteiger partial charge in [0.05, 0.1) is 5.69 Å². The van der Waals surface area contributed by atoms with Crippen LogP contribution in [0.1, 0.15) is 48.5 Å². The Morgan fingerprint density at radius 1 is 0.958 bits per heavy atom. The Kier molecular flexibility index (Phi) is 5.41. The van der Waals surface area contributed by atoms with Crippen LogP contribution in [0.5, 0.6) is 0 Å². The number of nitrogens with one attached hydrogen (secondary N) is 1. The molecule has 1 fully saturated rings. The molecule has 0 amide bonds. The van der Waals surface area contributed by atoms with Crippen LogP contribution < -0.4 is 0 Å². The lowest BCUT2D eigenvalue weighted by Crippen LogP contribution is -2.32. The van der Waals surface area contributed by atoms with Crippen LogP contribution >= 0.6 is 0 Å². The third-order valence-electron chi connectivity index (χ3n) is 3.91. The molecule has 1 heterocycles. The molecule has 5 unspecified atom stereocenters. The minimum absolute atomic E-state index is 0.182. The van der Waals surface area contributed by atoms with Crippen molar-refractivity contribution < 1.29 is 40.2 Å². The Morgan fingerprint density at radius 2 is 1.50 bits per heavy atom. The first-order valence-corrected chi connectivity index (χ1v) is 7.09. The number of aromatic nitrogens is 2. The van der Waals surface area contributed by atoms with Crippen LogP contribution in [0, 0.1) is 0 Å². The standard InChI is InChI=1S/C7H5F5N2O.C6H9F3/c8-2-3(9)5(15)1-4(2)13-14-6(1)7(10,11)12;7-4-2-1-3-5(8)6(4)9/h2-3,5,15H,(H,13,14);4-6H,1-3H2. The van der Waals surface area contributed by atoms with Crippen molar-refractivity contribution in [3.05, 3.63) is 17.0 Å². The van der Waals surface area contributed by atoms with E-state index in [1.165, 1.54) is 0 Å². The molecule has 1 saturated carbocycles. The molecule has 1 aromatic heterocycles. The molecule has 2 aliphatic rings. The van der Waals surface area contributed by atoms with Gasteiger partial charge in [0.15, 0.2) is 24.2 Å². The molecule has 3 rings (SSSR count). The summed E-state index contributed by atoms with van der Waals surface area (Å²) in [4.78, 5) is 0. The van der Waals surface area contributed by atoms with Crippen LogP contribution in [0.15, 0.2) is 0 Å². The number of aromatic amines is 1. The molecule has 0 spiro atoms. The molecule has 5 atom stereocenters. The highest BCUT2D eigenvalue weighted by molar-refractivity contribution is 5.37. The highest BCUT2D eigenvalue weighted by Crippen LogP contribution is 2.47. The lowest BCUT2D eigenvalue weighted by atomic mass is 9.95. The topological polar surface area (TPSA) is 48.9 Å². The van der Waals surface area contributed by atoms with Gasteiger partial charge in [-0.2, -0.15) is 18.3 Å². The first-order valence-electron chi connectivity index (χ1n) is 7.09. The summed E-state index contributed by atoms with van der Waals surface area (Å²) in [5.74, 6) is 0. The summed E-state index contributed by atoms with van der Waals surface area (Å²) >= 11 is 0. The number of rotatable bonds is 0. The molecule has 0 saturated heterocycles. The average molecular weight is 366 g/mol. The van der Waals surface area contributed by atoms with Crippen molar-refractivity contribution in [3.63, 3.8) is 0 Å². The maximum atomic E-state index is 13.0. The fourth-order valence-corrected chi connectivity index (χ4v) is 2.62. The van der Waals surface area contributed by atoms with E-state index in [2.05, 4.69) is 5.10 Å². The van der Waals surface area contributed by atoms with Crippen LogP contribution in [0.2, 0.25) is 0 Å². The molecule has 0 radical (unpaired) electrons. The summed E-state index contributed by atoms with van der Waals surface area (Å²) in [6, 6.07) is 0. The Balaban J connectivity index is 0.000000198. The smallest absolute Gasteiger partial charge is 0.385 e. The Labute approximate surface area is 131 Å². The van der Waals surface area contributed by atoms with E-state index in [1.807, 2.05) is 0 Å². The van der Waals surface area contributed by atoms with Gasteiger partial charge in [-0.3, -0.25) is 5.10 Å². The highest BCUT2D eigenvalue weighted by Gasteiger charge is 2.50. The quantitative estimate of drug-likeness (QED) is 0.682. The van der Waals surface area contributed by atoms with Gasteiger partial charge in [0, 0.05) is 5.56 Å². The molecule has 11 heteroatoms. The van der Waals surface area contributed by atoms with Gasteiger partial charge in [0.25, 0.3) is 0 Å². The highest BCUT2D eigenvalue weighted by atomic mass is 19.4. The number of aliphatic hydroxyl groups excluding tert-OH is 1. The predicted octanol–water partition coefficient (Wildman–Crippen LogP) is 4.01. The monoisotopic (exact) mass is 366 g/mol. The fourth-order valence-electron chi connectivity index (χ4n) is 2.62. The Hall–Kier alpha value is -1.39. The summed E-state index contributed by atoms with van der Waals surface area (Å²) in [6.45, 7) is 0. The van der Waals surface area contributed by atoms with Crippen LogP contribution in [-0.4, -0.2) is 40.0 Å². The summed E-state index contributed by atoms with van der Waals surface area (Å²) in [5, 5.41) is 13.7. The largest absolute Gasteiger partial charge is 0.435 e. The number of nitrogens with zero attached hydrogens (tertiary/aromatic N) is 1. The van der Waals surface area contributed by atoms with E-state index in [1.54, 1.807) is 5.10 Å². The zero-order valence-corrected chi connectivity index (χ0v) is 12.0. The minimum Gasteiger partial charge on any atom is -0.385 e. The summed E-state index contributed by atoms with van der Waals surface area (Å²) in [6.07, 6.45) is -15.8. The van der Waals surface area contributed by atoms with Gasteiger partial charge >= 0.3 is 6.18 Å². The van der Waals surface area contributed by atoms with Gasteiger partial charge in [-0.25, -0.2) is 22.0 Å². The van der Waals surface area contributed by atoms with Gasteiger partial charge in [-0.05, 0) is 19.3 Å². The second-order valence-corrected chi connectivity index (χ2v) is 5.60. The fraction of sp³-hybridized carbons (Fsp3) is 0.769. The molecular formula is C13H14F8N2O. The van der Waals surface area contributed by atoms with Crippen molar-refractivity contribution in [2.24, 2.45) is 0 Å². The molecule has 0 bridgehead atoms. The van der Waals surface area contributed by atoms with E-state index < -0.39 is 60.1 Å². The van der Waals surface area contributed by atoms with Crippen LogP contribution in [0.3, 0.4) is 0 Å². The third-order valence-corrected chi connectivity index (χ3v) is 3.91. The van der Waals surface area contributed by atoms with Gasteiger partial charge in [0.2, 0.25) is 0 Å². The van der Waals surface area contributed by atoms with Crippen molar-refractivity contribution in [1.82, 2.24) is 10.2 Å². The van der Waals surface area contributed by atoms with E-state index in [-0.39, 0.29) is 12.8 Å². The van der Waals surface area contributed by atoms with Crippen molar-refractivity contribution in [2.45, 2.75) is 62.4 Å². The first-order chi connectivity index (χ1) is 11.1. The number of aliphatic hydroxyl groups is 1. The van der Waals surface area contributed by atoms with E-state index in [0.717, 1.165) is 0 Å². The minimum atomic E-state index is -4.84. The van der Waals surface area contributed by atoms with E-state index in [9.17, 15) is 35.1 Å². The van der Waals surface area contributed by atoms with Crippen LogP contribution in [-0.2, 0) is 6.18 Å². The summed E-state index contributed by atoms with van der Waals surface area (Å²) in [5.41, 5.74) is -2.93. The molecule has 0 aliphatic heterocycles. The molecule has 1 aromatic rings. The molecule has 138 valence electrons. The number of halogens is 8. The lowest BCUT2D eigenvalue weighted by molar-refractivity contribution is -0.143. The Bertz CT molecular complexity index is 553. The number of H-pyrrole nitrogens is 1. The number of hydrogen-bond acceptors (Lipinski definition) is 2. The number of fused-ring (bicyclic) bond motifs is 1. The van der Waals surface area contributed by atoms with Gasteiger partial charge in [-0.15, -0.1) is 0 Å². The van der Waals surface area contributed by atoms with Gasteiger partial charge in [0.1, 0.15) is 18.4 Å². The van der Waals surface area contributed by atoms with Crippen molar-refractivity contribution in [1.29, 1.82) is 0 Å². The molecule has 3 nitrogen and oxygen atoms in total. The van der Waals surface area contributed by atoms with Gasteiger partial charge < -0.3 is 5.11 Å². The maximum Gasteiger partial charge on any atom is 0.435 e. The van der Waals surface area contributed by atoms with Crippen LogP contribution in [0.25, 0.3) is 0 Å². The predicted molar refractivity (Wildman–Crippen MR) is 65.8 cm³/mol. The SMILES string of the molecule is FC1CCCC(F)C1F.OC1c2c(C(F)(F)F)n[nH]c2C(F)C1F. The van der Waals surface area contributed by atoms with Crippen molar-refractivity contribution in [2.75, 3.05) is 0 Å². The molecule has 0 aromatic carbocycles. The second-order valence-electron chi connectivity index (χ2n) is 5.60. The third kappa shape index (κ3) is 3.50. The normalized spacial score (nSPS) is 36.0. The molecule has 2 N–H and O–H groups in total. The van der Waals surface area contributed by atoms with Crippen LogP contribution in [0.4, 0.5) is 35.1 Å². The Morgan fingerprint density at radius 3 is 1.96 bits per heavy atom. The number of hydrogen-bond donors (Lipinski definition) is 2. The van der Waals surface area contributed by atoms with Crippen molar-refractivity contribution in [3.8, 4) is 0 Å². The number of alkyl halides is 8. The van der Waals surface area contributed by atoms with Crippen molar-refractivity contribution >= 4 is 0 Å². The first kappa shape index (κ1) is 18.9. The van der Waals surface area contributed by atoms with E-state index in [0.29, 0.717) is 6.42 Å². The summed E-state index contributed by atoms with van der Waals surface area (Å²) < 4.78 is 99.3. The van der Waals surface area contributed by atoms with E-state index >= 15 is 0 Å². The zero-order chi connectivity index (χ0) is 18.2. The van der Waals surface area contributed by atoms with Gasteiger partial charge in [-0.1, -0.05) is 0 Å². The average Bonchev–Trinajstić information content (AvgIpc) is 3.03. The molecule has 2 aliphatic carbocycles. The lowest BCUT2D eigenvalue weighted by Gasteiger charge is -2.22. The molecule has 24 heavy (non-hydrogen) atoms.